The molecule has 15 heavy (non-hydrogen) atoms. The van der Waals surface area contributed by atoms with Gasteiger partial charge in [-0.25, -0.2) is 0 Å². The first-order valence-corrected chi connectivity index (χ1v) is 5.24. The monoisotopic (exact) mass is 208 g/mol. The number of rotatable bonds is 4. The molecule has 0 aromatic carbocycles. The summed E-state index contributed by atoms with van der Waals surface area (Å²) in [6.45, 7) is 2.89. The zero-order chi connectivity index (χ0) is 10.9. The Hall–Kier alpha value is -1.29. The fourth-order valence-electron chi connectivity index (χ4n) is 1.76. The van der Waals surface area contributed by atoms with Crippen molar-refractivity contribution in [3.05, 3.63) is 23.7 Å². The van der Waals surface area contributed by atoms with Gasteiger partial charge in [0.1, 0.15) is 16.9 Å². The highest BCUT2D eigenvalue weighted by Crippen LogP contribution is 2.48. The number of nitrogens with two attached hydrogens (primary N) is 1. The van der Waals surface area contributed by atoms with Gasteiger partial charge in [-0.1, -0.05) is 0 Å². The van der Waals surface area contributed by atoms with Crippen LogP contribution in [-0.4, -0.2) is 19.0 Å². The largest absolute Gasteiger partial charge is 0.465 e. The predicted molar refractivity (Wildman–Crippen MR) is 56.4 cm³/mol. The molecule has 0 spiro atoms. The Morgan fingerprint density at radius 2 is 2.33 bits per heavy atom. The van der Waals surface area contributed by atoms with Crippen molar-refractivity contribution >= 4 is 5.91 Å². The molecule has 1 aromatic heterocycles. The summed E-state index contributed by atoms with van der Waals surface area (Å²) in [5.41, 5.74) is 4.95. The second-order valence-corrected chi connectivity index (χ2v) is 4.04. The van der Waals surface area contributed by atoms with Gasteiger partial charge >= 0.3 is 0 Å². The summed E-state index contributed by atoms with van der Waals surface area (Å²) in [5.74, 6) is 1.68. The van der Waals surface area contributed by atoms with Crippen LogP contribution in [0.4, 0.5) is 0 Å². The van der Waals surface area contributed by atoms with Crippen LogP contribution in [0.5, 0.6) is 0 Å². The summed E-state index contributed by atoms with van der Waals surface area (Å²) in [4.78, 5) is 11.9. The number of furan rings is 1. The highest BCUT2D eigenvalue weighted by Gasteiger charge is 2.53. The molecule has 1 heterocycles. The molecule has 0 radical (unpaired) electrons. The van der Waals surface area contributed by atoms with Gasteiger partial charge < -0.3 is 15.5 Å². The normalized spacial score (nSPS) is 17.5. The second-order valence-electron chi connectivity index (χ2n) is 4.04. The summed E-state index contributed by atoms with van der Waals surface area (Å²) in [7, 11) is 0. The summed E-state index contributed by atoms with van der Waals surface area (Å²) >= 11 is 0. The lowest BCUT2D eigenvalue weighted by molar-refractivity contribution is -0.123. The Labute approximate surface area is 88.8 Å². The van der Waals surface area contributed by atoms with Crippen molar-refractivity contribution in [2.75, 3.05) is 13.1 Å². The maximum Gasteiger partial charge on any atom is 0.233 e. The molecule has 1 saturated carbocycles. The Morgan fingerprint density at radius 3 is 2.80 bits per heavy atom. The molecular formula is C11H16N2O2. The van der Waals surface area contributed by atoms with E-state index >= 15 is 0 Å². The van der Waals surface area contributed by atoms with Crippen LogP contribution < -0.4 is 11.1 Å². The van der Waals surface area contributed by atoms with Crippen molar-refractivity contribution in [2.45, 2.75) is 25.2 Å². The highest BCUT2D eigenvalue weighted by molar-refractivity contribution is 5.90. The highest BCUT2D eigenvalue weighted by atomic mass is 16.3. The fourth-order valence-corrected chi connectivity index (χ4v) is 1.76. The van der Waals surface area contributed by atoms with E-state index in [0.29, 0.717) is 13.1 Å². The maximum atomic E-state index is 11.9. The second kappa shape index (κ2) is 3.70. The number of hydrogen-bond acceptors (Lipinski definition) is 3. The van der Waals surface area contributed by atoms with E-state index in [1.54, 1.807) is 0 Å². The lowest BCUT2D eigenvalue weighted by atomic mass is 10.0. The van der Waals surface area contributed by atoms with Gasteiger partial charge in [0, 0.05) is 13.1 Å². The van der Waals surface area contributed by atoms with Crippen molar-refractivity contribution in [3.63, 3.8) is 0 Å². The summed E-state index contributed by atoms with van der Waals surface area (Å²) in [5, 5.41) is 2.82. The van der Waals surface area contributed by atoms with Gasteiger partial charge in [-0.05, 0) is 31.9 Å². The molecule has 82 valence electrons. The van der Waals surface area contributed by atoms with Gasteiger partial charge in [-0.15, -0.1) is 0 Å². The van der Waals surface area contributed by atoms with Crippen molar-refractivity contribution in [2.24, 2.45) is 5.73 Å². The number of amides is 1. The lowest BCUT2D eigenvalue weighted by Crippen LogP contribution is -2.37. The average Bonchev–Trinajstić information content (AvgIpc) is 2.93. The first-order valence-electron chi connectivity index (χ1n) is 5.24. The van der Waals surface area contributed by atoms with Crippen LogP contribution >= 0.6 is 0 Å². The number of carbonyl (C=O) groups excluding carboxylic acids is 1. The molecule has 1 aliphatic carbocycles. The average molecular weight is 208 g/mol. The van der Waals surface area contributed by atoms with E-state index in [1.165, 1.54) is 0 Å². The Morgan fingerprint density at radius 1 is 1.60 bits per heavy atom. The van der Waals surface area contributed by atoms with Crippen LogP contribution in [0.15, 0.2) is 16.5 Å². The lowest BCUT2D eigenvalue weighted by Gasteiger charge is -2.12. The van der Waals surface area contributed by atoms with E-state index in [2.05, 4.69) is 5.32 Å². The molecule has 1 aliphatic rings. The molecule has 2 rings (SSSR count). The minimum absolute atomic E-state index is 0.0438. The van der Waals surface area contributed by atoms with E-state index in [4.69, 9.17) is 10.2 Å². The summed E-state index contributed by atoms with van der Waals surface area (Å²) in [6, 6.07) is 3.79. The van der Waals surface area contributed by atoms with E-state index in [9.17, 15) is 4.79 Å². The van der Waals surface area contributed by atoms with E-state index in [-0.39, 0.29) is 5.91 Å². The Bertz CT molecular complexity index is 366. The van der Waals surface area contributed by atoms with Gasteiger partial charge in [0.2, 0.25) is 5.91 Å². The standard InChI is InChI=1S/C11H16N2O2/c1-8-2-3-9(15-8)11(4-5-11)10(14)13-7-6-12/h2-3H,4-7,12H2,1H3,(H,13,14). The van der Waals surface area contributed by atoms with Gasteiger partial charge in [-0.2, -0.15) is 0 Å². The van der Waals surface area contributed by atoms with Crippen LogP contribution in [0.2, 0.25) is 0 Å². The van der Waals surface area contributed by atoms with Gasteiger partial charge in [-0.3, -0.25) is 4.79 Å². The van der Waals surface area contributed by atoms with Gasteiger partial charge in [0.05, 0.1) is 0 Å². The molecule has 3 N–H and O–H groups in total. The fraction of sp³-hybridized carbons (Fsp3) is 0.545. The smallest absolute Gasteiger partial charge is 0.233 e. The third-order valence-corrected chi connectivity index (χ3v) is 2.83. The van der Waals surface area contributed by atoms with Crippen molar-refractivity contribution in [1.29, 1.82) is 0 Å². The SMILES string of the molecule is Cc1ccc(C2(C(=O)NCCN)CC2)o1. The Balaban J connectivity index is 2.10. The molecular weight excluding hydrogens is 192 g/mol. The quantitative estimate of drug-likeness (QED) is 0.765. The molecule has 0 unspecified atom stereocenters. The third kappa shape index (κ3) is 1.77. The topological polar surface area (TPSA) is 68.3 Å². The minimum Gasteiger partial charge on any atom is -0.465 e. The number of hydrogen-bond donors (Lipinski definition) is 2. The predicted octanol–water partition coefficient (Wildman–Crippen LogP) is 0.695. The number of aryl methyl sites for hydroxylation is 1. The van der Waals surface area contributed by atoms with E-state index < -0.39 is 5.41 Å². The van der Waals surface area contributed by atoms with Crippen LogP contribution in [0.1, 0.15) is 24.4 Å². The molecule has 1 aromatic rings. The van der Waals surface area contributed by atoms with Crippen LogP contribution in [0.25, 0.3) is 0 Å². The van der Waals surface area contributed by atoms with Crippen molar-refractivity contribution in [1.82, 2.24) is 5.32 Å². The molecule has 0 saturated heterocycles. The van der Waals surface area contributed by atoms with Gasteiger partial charge in [0.15, 0.2) is 0 Å². The molecule has 4 heteroatoms. The van der Waals surface area contributed by atoms with Crippen molar-refractivity contribution in [3.8, 4) is 0 Å². The molecule has 0 bridgehead atoms. The van der Waals surface area contributed by atoms with Crippen molar-refractivity contribution < 1.29 is 9.21 Å². The number of carbonyl (C=O) groups is 1. The molecule has 0 aliphatic heterocycles. The summed E-state index contributed by atoms with van der Waals surface area (Å²) in [6.07, 6.45) is 1.74. The van der Waals surface area contributed by atoms with Crippen LogP contribution in [0.3, 0.4) is 0 Å². The number of nitrogens with one attached hydrogen (secondary N) is 1. The van der Waals surface area contributed by atoms with Crippen LogP contribution in [-0.2, 0) is 10.2 Å². The first-order chi connectivity index (χ1) is 7.19. The third-order valence-electron chi connectivity index (χ3n) is 2.83. The molecule has 0 atom stereocenters. The van der Waals surface area contributed by atoms with Gasteiger partial charge in [0.25, 0.3) is 0 Å². The van der Waals surface area contributed by atoms with Crippen LogP contribution in [0, 0.1) is 6.92 Å². The molecule has 1 fully saturated rings. The molecule has 1 amide bonds. The minimum atomic E-state index is -0.399. The first kappa shape index (κ1) is 10.2. The Kier molecular flexibility index (Phi) is 2.52. The maximum absolute atomic E-state index is 11.9. The zero-order valence-corrected chi connectivity index (χ0v) is 8.88. The molecule has 4 nitrogen and oxygen atoms in total. The van der Waals surface area contributed by atoms with E-state index in [0.717, 1.165) is 24.4 Å². The zero-order valence-electron chi connectivity index (χ0n) is 8.88. The van der Waals surface area contributed by atoms with E-state index in [1.807, 2.05) is 19.1 Å². The summed E-state index contributed by atoms with van der Waals surface area (Å²) < 4.78 is 5.52.